The average Bonchev–Trinajstić information content (AvgIpc) is 2.61. The number of carbonyl (C=O) groups excluding carboxylic acids is 1. The largest absolute Gasteiger partial charge is 0.464 e. The van der Waals surface area contributed by atoms with Gasteiger partial charge in [0.1, 0.15) is 5.58 Å². The van der Waals surface area contributed by atoms with E-state index in [1.54, 1.807) is 6.26 Å². The molecule has 1 amide bonds. The summed E-state index contributed by atoms with van der Waals surface area (Å²) >= 11 is 0. The van der Waals surface area contributed by atoms with Gasteiger partial charge in [0.05, 0.1) is 12.3 Å². The Hall–Kier alpha value is -1.77. The smallest absolute Gasteiger partial charge is 0.207 e. The van der Waals surface area contributed by atoms with Crippen LogP contribution in [0.25, 0.3) is 11.0 Å². The maximum atomic E-state index is 10.3. The third kappa shape index (κ3) is 1.37. The summed E-state index contributed by atoms with van der Waals surface area (Å²) in [7, 11) is 0. The highest BCUT2D eigenvalue weighted by Crippen LogP contribution is 2.25. The second-order valence-corrected chi connectivity index (χ2v) is 3.19. The Morgan fingerprint density at radius 1 is 1.43 bits per heavy atom. The molecule has 3 heteroatoms. The molecule has 0 fully saturated rings. The summed E-state index contributed by atoms with van der Waals surface area (Å²) in [5.74, 6) is 0. The number of furan rings is 1. The first-order chi connectivity index (χ1) is 6.83. The van der Waals surface area contributed by atoms with E-state index in [1.165, 1.54) is 0 Å². The number of hydrogen-bond acceptors (Lipinski definition) is 2. The predicted octanol–water partition coefficient (Wildman–Crippen LogP) is 2.24. The molecule has 2 aromatic rings. The van der Waals surface area contributed by atoms with E-state index in [4.69, 9.17) is 4.42 Å². The van der Waals surface area contributed by atoms with Crippen molar-refractivity contribution in [1.29, 1.82) is 0 Å². The topological polar surface area (TPSA) is 42.2 Å². The average molecular weight is 189 g/mol. The van der Waals surface area contributed by atoms with Crippen LogP contribution in [0.1, 0.15) is 18.5 Å². The summed E-state index contributed by atoms with van der Waals surface area (Å²) in [4.78, 5) is 10.3. The number of para-hydroxylation sites is 1. The van der Waals surface area contributed by atoms with Crippen LogP contribution in [0.5, 0.6) is 0 Å². The lowest BCUT2D eigenvalue weighted by Gasteiger charge is -2.06. The number of carbonyl (C=O) groups is 1. The van der Waals surface area contributed by atoms with Crippen LogP contribution in [0.3, 0.4) is 0 Å². The van der Waals surface area contributed by atoms with Gasteiger partial charge in [-0.25, -0.2) is 0 Å². The molecule has 1 N–H and O–H groups in total. The SMILES string of the molecule is CC(NC=O)c1coc2ccccc12. The number of hydrogen-bond donors (Lipinski definition) is 1. The zero-order valence-corrected chi connectivity index (χ0v) is 7.86. The molecule has 0 aliphatic rings. The molecule has 0 saturated carbocycles. The van der Waals surface area contributed by atoms with Crippen molar-refractivity contribution < 1.29 is 9.21 Å². The molecular weight excluding hydrogens is 178 g/mol. The number of nitrogens with one attached hydrogen (secondary N) is 1. The lowest BCUT2D eigenvalue weighted by Crippen LogP contribution is -2.15. The first kappa shape index (κ1) is 8.81. The van der Waals surface area contributed by atoms with Gasteiger partial charge in [0.15, 0.2) is 0 Å². The minimum absolute atomic E-state index is 0.0175. The van der Waals surface area contributed by atoms with Gasteiger partial charge in [0.25, 0.3) is 0 Å². The van der Waals surface area contributed by atoms with Gasteiger partial charge in [-0.1, -0.05) is 18.2 Å². The van der Waals surface area contributed by atoms with E-state index < -0.39 is 0 Å². The van der Waals surface area contributed by atoms with Crippen molar-refractivity contribution >= 4 is 17.4 Å². The minimum atomic E-state index is -0.0175. The highest BCUT2D eigenvalue weighted by atomic mass is 16.3. The Morgan fingerprint density at radius 2 is 2.21 bits per heavy atom. The van der Waals surface area contributed by atoms with E-state index in [0.29, 0.717) is 6.41 Å². The molecule has 1 heterocycles. The normalized spacial score (nSPS) is 12.6. The van der Waals surface area contributed by atoms with Crippen LogP contribution in [0.4, 0.5) is 0 Å². The van der Waals surface area contributed by atoms with Gasteiger partial charge in [-0.3, -0.25) is 4.79 Å². The first-order valence-corrected chi connectivity index (χ1v) is 4.48. The van der Waals surface area contributed by atoms with Gasteiger partial charge in [0.2, 0.25) is 6.41 Å². The Morgan fingerprint density at radius 3 is 3.00 bits per heavy atom. The van der Waals surface area contributed by atoms with Crippen LogP contribution in [0, 0.1) is 0 Å². The molecule has 0 spiro atoms. The Balaban J connectivity index is 2.47. The van der Waals surface area contributed by atoms with Gasteiger partial charge < -0.3 is 9.73 Å². The zero-order valence-electron chi connectivity index (χ0n) is 7.86. The molecule has 1 aromatic heterocycles. The van der Waals surface area contributed by atoms with Crippen LogP contribution < -0.4 is 5.32 Å². The second-order valence-electron chi connectivity index (χ2n) is 3.19. The summed E-state index contributed by atoms with van der Waals surface area (Å²) in [5, 5.41) is 3.75. The standard InChI is InChI=1S/C11H11NO2/c1-8(12-7-13)10-6-14-11-5-3-2-4-9(10)11/h2-8H,1H3,(H,12,13). The Kier molecular flexibility index (Phi) is 2.23. The van der Waals surface area contributed by atoms with Crippen molar-refractivity contribution in [3.05, 3.63) is 36.1 Å². The number of fused-ring (bicyclic) bond motifs is 1. The van der Waals surface area contributed by atoms with Crippen molar-refractivity contribution in [2.45, 2.75) is 13.0 Å². The van der Waals surface area contributed by atoms with Crippen molar-refractivity contribution in [3.8, 4) is 0 Å². The van der Waals surface area contributed by atoms with E-state index in [0.717, 1.165) is 16.5 Å². The quantitative estimate of drug-likeness (QED) is 0.752. The van der Waals surface area contributed by atoms with E-state index >= 15 is 0 Å². The van der Waals surface area contributed by atoms with Crippen LogP contribution >= 0.6 is 0 Å². The highest BCUT2D eigenvalue weighted by molar-refractivity contribution is 5.81. The van der Waals surface area contributed by atoms with E-state index in [2.05, 4.69) is 5.32 Å². The number of rotatable bonds is 3. The van der Waals surface area contributed by atoms with Crippen molar-refractivity contribution in [1.82, 2.24) is 5.32 Å². The molecule has 3 nitrogen and oxygen atoms in total. The third-order valence-corrected chi connectivity index (χ3v) is 2.30. The summed E-state index contributed by atoms with van der Waals surface area (Å²) in [6.45, 7) is 1.92. The molecule has 0 aliphatic carbocycles. The third-order valence-electron chi connectivity index (χ3n) is 2.30. The molecule has 1 atom stereocenters. The monoisotopic (exact) mass is 189 g/mol. The van der Waals surface area contributed by atoms with Crippen LogP contribution in [-0.4, -0.2) is 6.41 Å². The molecule has 0 saturated heterocycles. The van der Waals surface area contributed by atoms with E-state index in [9.17, 15) is 4.79 Å². The molecule has 0 aliphatic heterocycles. The summed E-state index contributed by atoms with van der Waals surface area (Å²) in [5.41, 5.74) is 1.86. The highest BCUT2D eigenvalue weighted by Gasteiger charge is 2.10. The van der Waals surface area contributed by atoms with Crippen molar-refractivity contribution in [2.24, 2.45) is 0 Å². The fourth-order valence-electron chi connectivity index (χ4n) is 1.53. The summed E-state index contributed by atoms with van der Waals surface area (Å²) in [6, 6.07) is 7.75. The molecule has 14 heavy (non-hydrogen) atoms. The molecule has 0 bridgehead atoms. The molecule has 1 unspecified atom stereocenters. The lowest BCUT2D eigenvalue weighted by atomic mass is 10.1. The molecule has 0 radical (unpaired) electrons. The van der Waals surface area contributed by atoms with Gasteiger partial charge in [-0.05, 0) is 13.0 Å². The van der Waals surface area contributed by atoms with Crippen LogP contribution in [0.2, 0.25) is 0 Å². The van der Waals surface area contributed by atoms with Crippen molar-refractivity contribution in [2.75, 3.05) is 0 Å². The maximum Gasteiger partial charge on any atom is 0.207 e. The fourth-order valence-corrected chi connectivity index (χ4v) is 1.53. The maximum absolute atomic E-state index is 10.3. The van der Waals surface area contributed by atoms with Gasteiger partial charge in [0, 0.05) is 10.9 Å². The van der Waals surface area contributed by atoms with Gasteiger partial charge in [-0.15, -0.1) is 0 Å². The number of benzene rings is 1. The molecule has 1 aromatic carbocycles. The van der Waals surface area contributed by atoms with Crippen LogP contribution in [0.15, 0.2) is 34.9 Å². The van der Waals surface area contributed by atoms with E-state index in [-0.39, 0.29) is 6.04 Å². The van der Waals surface area contributed by atoms with Gasteiger partial charge >= 0.3 is 0 Å². The van der Waals surface area contributed by atoms with Crippen LogP contribution in [-0.2, 0) is 4.79 Å². The fraction of sp³-hybridized carbons (Fsp3) is 0.182. The van der Waals surface area contributed by atoms with Gasteiger partial charge in [-0.2, -0.15) is 0 Å². The number of amides is 1. The minimum Gasteiger partial charge on any atom is -0.464 e. The van der Waals surface area contributed by atoms with E-state index in [1.807, 2.05) is 31.2 Å². The molecule has 2 rings (SSSR count). The predicted molar refractivity (Wildman–Crippen MR) is 53.8 cm³/mol. The molecular formula is C11H11NO2. The van der Waals surface area contributed by atoms with Crippen molar-refractivity contribution in [3.63, 3.8) is 0 Å². The molecule has 72 valence electrons. The Labute approximate surface area is 81.7 Å². The Bertz CT molecular complexity index is 447. The summed E-state index contributed by atoms with van der Waals surface area (Å²) < 4.78 is 5.36. The second kappa shape index (κ2) is 3.54. The summed E-state index contributed by atoms with van der Waals surface area (Å²) in [6.07, 6.45) is 2.39. The first-order valence-electron chi connectivity index (χ1n) is 4.48. The lowest BCUT2D eigenvalue weighted by molar-refractivity contribution is -0.110. The zero-order chi connectivity index (χ0) is 9.97.